The van der Waals surface area contributed by atoms with Gasteiger partial charge in [0.1, 0.15) is 19.3 Å². The molecule has 0 unspecified atom stereocenters. The minimum atomic E-state index is -3.73. The van der Waals surface area contributed by atoms with E-state index in [0.717, 1.165) is 10.6 Å². The van der Waals surface area contributed by atoms with Gasteiger partial charge in [-0.05, 0) is 47.1 Å². The first-order valence-corrected chi connectivity index (χ1v) is 10.9. The van der Waals surface area contributed by atoms with E-state index in [9.17, 15) is 13.2 Å². The Balaban J connectivity index is 1.91. The number of anilines is 2. The summed E-state index contributed by atoms with van der Waals surface area (Å²) < 4.78 is 37.6. The van der Waals surface area contributed by atoms with Crippen LogP contribution in [0.4, 0.5) is 11.4 Å². The van der Waals surface area contributed by atoms with Gasteiger partial charge in [-0.15, -0.1) is 0 Å². The van der Waals surface area contributed by atoms with Crippen LogP contribution in [0.1, 0.15) is 6.92 Å². The average Bonchev–Trinajstić information content (AvgIpc) is 2.62. The molecular formula is C18H19BrN2O5S. The molecule has 1 amide bonds. The number of carbonyl (C=O) groups is 1. The molecule has 144 valence electrons. The Labute approximate surface area is 166 Å². The Hall–Kier alpha value is -2.26. The lowest BCUT2D eigenvalue weighted by Gasteiger charge is -2.29. The van der Waals surface area contributed by atoms with E-state index in [4.69, 9.17) is 9.47 Å². The van der Waals surface area contributed by atoms with E-state index in [1.54, 1.807) is 36.4 Å². The Bertz CT molecular complexity index is 964. The van der Waals surface area contributed by atoms with Crippen molar-refractivity contribution in [1.29, 1.82) is 0 Å². The minimum Gasteiger partial charge on any atom is -0.486 e. The highest BCUT2D eigenvalue weighted by molar-refractivity contribution is 9.10. The van der Waals surface area contributed by atoms with Gasteiger partial charge in [0, 0.05) is 10.5 Å². The Kier molecular flexibility index (Phi) is 5.61. The highest BCUT2D eigenvalue weighted by Crippen LogP contribution is 2.35. The summed E-state index contributed by atoms with van der Waals surface area (Å²) in [5, 5.41) is 2.75. The molecule has 0 saturated heterocycles. The normalized spacial score (nSPS) is 14.3. The predicted octanol–water partition coefficient (Wildman–Crippen LogP) is 3.01. The lowest BCUT2D eigenvalue weighted by molar-refractivity contribution is -0.116. The smallest absolute Gasteiger partial charge is 0.248 e. The molecule has 3 rings (SSSR count). The minimum absolute atomic E-state index is 0.330. The maximum atomic E-state index is 12.7. The van der Waals surface area contributed by atoms with Gasteiger partial charge in [-0.25, -0.2) is 8.42 Å². The SMILES string of the molecule is C[C@H](C(=O)Nc1ccccc1Br)N(c1ccc2c(c1)OCCO2)S(C)(=O)=O. The van der Waals surface area contributed by atoms with Crippen molar-refractivity contribution in [2.24, 2.45) is 0 Å². The first-order chi connectivity index (χ1) is 12.8. The van der Waals surface area contributed by atoms with Crippen molar-refractivity contribution in [3.63, 3.8) is 0 Å². The van der Waals surface area contributed by atoms with E-state index in [1.165, 1.54) is 6.92 Å². The van der Waals surface area contributed by atoms with Crippen LogP contribution in [0.2, 0.25) is 0 Å². The van der Waals surface area contributed by atoms with E-state index >= 15 is 0 Å². The molecule has 0 aliphatic carbocycles. The summed E-state index contributed by atoms with van der Waals surface area (Å²) in [6.07, 6.45) is 1.06. The van der Waals surface area contributed by atoms with Crippen molar-refractivity contribution in [1.82, 2.24) is 0 Å². The third-order valence-electron chi connectivity index (χ3n) is 4.00. The Morgan fingerprint density at radius 1 is 1.15 bits per heavy atom. The first-order valence-electron chi connectivity index (χ1n) is 8.22. The number of nitrogens with zero attached hydrogens (tertiary/aromatic N) is 1. The zero-order valence-electron chi connectivity index (χ0n) is 14.8. The third-order valence-corrected chi connectivity index (χ3v) is 5.93. The quantitative estimate of drug-likeness (QED) is 0.750. The van der Waals surface area contributed by atoms with Crippen molar-refractivity contribution in [2.75, 3.05) is 29.1 Å². The molecule has 1 atom stereocenters. The van der Waals surface area contributed by atoms with E-state index in [0.29, 0.717) is 40.6 Å². The second-order valence-electron chi connectivity index (χ2n) is 6.03. The molecule has 2 aromatic rings. The molecule has 0 bridgehead atoms. The van der Waals surface area contributed by atoms with Crippen molar-refractivity contribution < 1.29 is 22.7 Å². The van der Waals surface area contributed by atoms with E-state index < -0.39 is 22.0 Å². The summed E-state index contributed by atoms with van der Waals surface area (Å²) >= 11 is 3.36. The predicted molar refractivity (Wildman–Crippen MR) is 107 cm³/mol. The van der Waals surface area contributed by atoms with Crippen LogP contribution in [0.25, 0.3) is 0 Å². The monoisotopic (exact) mass is 454 g/mol. The Morgan fingerprint density at radius 2 is 1.81 bits per heavy atom. The molecule has 0 spiro atoms. The van der Waals surface area contributed by atoms with Gasteiger partial charge in [-0.1, -0.05) is 12.1 Å². The van der Waals surface area contributed by atoms with Crippen molar-refractivity contribution in [2.45, 2.75) is 13.0 Å². The van der Waals surface area contributed by atoms with E-state index in [-0.39, 0.29) is 0 Å². The lowest BCUT2D eigenvalue weighted by Crippen LogP contribution is -2.45. The topological polar surface area (TPSA) is 84.9 Å². The average molecular weight is 455 g/mol. The number of sulfonamides is 1. The van der Waals surface area contributed by atoms with Crippen LogP contribution in [0.5, 0.6) is 11.5 Å². The number of hydrogen-bond acceptors (Lipinski definition) is 5. The van der Waals surface area contributed by atoms with Gasteiger partial charge in [-0.2, -0.15) is 0 Å². The van der Waals surface area contributed by atoms with E-state index in [1.807, 2.05) is 6.07 Å². The van der Waals surface area contributed by atoms with Crippen molar-refractivity contribution in [3.05, 3.63) is 46.9 Å². The van der Waals surface area contributed by atoms with Crippen LogP contribution in [-0.2, 0) is 14.8 Å². The van der Waals surface area contributed by atoms with Crippen LogP contribution in [0.3, 0.4) is 0 Å². The van der Waals surface area contributed by atoms with Crippen LogP contribution >= 0.6 is 15.9 Å². The summed E-state index contributed by atoms with van der Waals surface area (Å²) in [4.78, 5) is 12.7. The number of carbonyl (C=O) groups excluding carboxylic acids is 1. The molecule has 1 heterocycles. The fourth-order valence-electron chi connectivity index (χ4n) is 2.78. The molecule has 0 radical (unpaired) electrons. The van der Waals surface area contributed by atoms with Crippen LogP contribution < -0.4 is 19.1 Å². The Morgan fingerprint density at radius 3 is 2.48 bits per heavy atom. The summed E-state index contributed by atoms with van der Waals surface area (Å²) in [5.74, 6) is 0.539. The number of hydrogen-bond donors (Lipinski definition) is 1. The van der Waals surface area contributed by atoms with Gasteiger partial charge in [0.2, 0.25) is 15.9 Å². The molecule has 1 N–H and O–H groups in total. The molecule has 1 aliphatic heterocycles. The molecule has 0 saturated carbocycles. The lowest BCUT2D eigenvalue weighted by atomic mass is 10.2. The van der Waals surface area contributed by atoms with Crippen LogP contribution in [0.15, 0.2) is 46.9 Å². The summed E-state index contributed by atoms with van der Waals surface area (Å²) in [6, 6.07) is 10.9. The number of para-hydroxylation sites is 1. The number of ether oxygens (including phenoxy) is 2. The molecule has 2 aromatic carbocycles. The zero-order chi connectivity index (χ0) is 19.6. The number of benzene rings is 2. The van der Waals surface area contributed by atoms with Crippen molar-refractivity contribution >= 4 is 43.2 Å². The van der Waals surface area contributed by atoms with Crippen LogP contribution in [-0.4, -0.2) is 39.8 Å². The number of rotatable bonds is 5. The van der Waals surface area contributed by atoms with Gasteiger partial charge in [0.15, 0.2) is 11.5 Å². The van der Waals surface area contributed by atoms with Gasteiger partial charge in [-0.3, -0.25) is 9.10 Å². The fraction of sp³-hybridized carbons (Fsp3) is 0.278. The van der Waals surface area contributed by atoms with E-state index in [2.05, 4.69) is 21.2 Å². The molecule has 27 heavy (non-hydrogen) atoms. The summed E-state index contributed by atoms with van der Waals surface area (Å²) in [5.41, 5.74) is 0.890. The maximum absolute atomic E-state index is 12.7. The van der Waals surface area contributed by atoms with Gasteiger partial charge >= 0.3 is 0 Å². The van der Waals surface area contributed by atoms with Gasteiger partial charge in [0.25, 0.3) is 0 Å². The molecule has 9 heteroatoms. The largest absolute Gasteiger partial charge is 0.486 e. The van der Waals surface area contributed by atoms with Gasteiger partial charge in [0.05, 0.1) is 17.6 Å². The number of fused-ring (bicyclic) bond motifs is 1. The van der Waals surface area contributed by atoms with Crippen LogP contribution in [0, 0.1) is 0 Å². The second kappa shape index (κ2) is 7.77. The molecule has 1 aliphatic rings. The number of halogens is 1. The summed E-state index contributed by atoms with van der Waals surface area (Å²) in [7, 11) is -3.73. The van der Waals surface area contributed by atoms with Gasteiger partial charge < -0.3 is 14.8 Å². The molecule has 0 aromatic heterocycles. The zero-order valence-corrected chi connectivity index (χ0v) is 17.2. The van der Waals surface area contributed by atoms with Crippen molar-refractivity contribution in [3.8, 4) is 11.5 Å². The third kappa shape index (κ3) is 4.36. The maximum Gasteiger partial charge on any atom is 0.248 e. The highest BCUT2D eigenvalue weighted by atomic mass is 79.9. The first kappa shape index (κ1) is 19.5. The number of amides is 1. The standard InChI is InChI=1S/C18H19BrN2O5S/c1-12(18(22)20-15-6-4-3-5-14(15)19)21(27(2,23)24)13-7-8-16-17(11-13)26-10-9-25-16/h3-8,11-12H,9-10H2,1-2H3,(H,20,22)/t12-/m1/s1. The number of nitrogens with one attached hydrogen (secondary N) is 1. The fourth-order valence-corrected chi connectivity index (χ4v) is 4.33. The molecule has 0 fully saturated rings. The highest BCUT2D eigenvalue weighted by Gasteiger charge is 2.30. The molecular weight excluding hydrogens is 436 g/mol. The molecule has 7 nitrogen and oxygen atoms in total. The summed E-state index contributed by atoms with van der Waals surface area (Å²) in [6.45, 7) is 2.35. The second-order valence-corrected chi connectivity index (χ2v) is 8.75.